The van der Waals surface area contributed by atoms with Crippen LogP contribution in [0.4, 0.5) is 0 Å². The molecule has 3 nitrogen and oxygen atoms in total. The third-order valence-electron chi connectivity index (χ3n) is 5.18. The van der Waals surface area contributed by atoms with Crippen LogP contribution in [-0.2, 0) is 0 Å². The molecule has 1 aliphatic carbocycles. The van der Waals surface area contributed by atoms with E-state index in [2.05, 4.69) is 41.4 Å². The van der Waals surface area contributed by atoms with E-state index in [1.165, 1.54) is 37.7 Å². The largest absolute Gasteiger partial charge is 0.494 e. The van der Waals surface area contributed by atoms with E-state index in [1.54, 1.807) is 0 Å². The molecule has 3 heteroatoms. The fourth-order valence-electron chi connectivity index (χ4n) is 4.17. The predicted molar refractivity (Wildman–Crippen MR) is 91.4 cm³/mol. The summed E-state index contributed by atoms with van der Waals surface area (Å²) in [5.74, 6) is 1.88. The number of nitrogens with zero attached hydrogens (tertiary/aromatic N) is 1. The zero-order valence-corrected chi connectivity index (χ0v) is 13.9. The molecule has 0 radical (unpaired) electrons. The molecule has 122 valence electrons. The molecule has 0 amide bonds. The van der Waals surface area contributed by atoms with Crippen molar-refractivity contribution in [3.63, 3.8) is 0 Å². The van der Waals surface area contributed by atoms with Crippen molar-refractivity contribution in [3.05, 3.63) is 29.8 Å². The molecule has 1 N–H and O–H groups in total. The molecular weight excluding hydrogens is 272 g/mol. The van der Waals surface area contributed by atoms with Gasteiger partial charge in [-0.15, -0.1) is 0 Å². The minimum Gasteiger partial charge on any atom is -0.494 e. The van der Waals surface area contributed by atoms with Gasteiger partial charge in [0.05, 0.1) is 6.61 Å². The average molecular weight is 302 g/mol. The highest BCUT2D eigenvalue weighted by Gasteiger charge is 2.32. The van der Waals surface area contributed by atoms with Crippen LogP contribution in [0.15, 0.2) is 24.3 Å². The van der Waals surface area contributed by atoms with Crippen molar-refractivity contribution in [2.24, 2.45) is 5.92 Å². The molecule has 0 unspecified atom stereocenters. The number of rotatable bonds is 5. The highest BCUT2D eigenvalue weighted by atomic mass is 16.5. The number of hydrogen-bond donors (Lipinski definition) is 1. The molecule has 2 fully saturated rings. The lowest BCUT2D eigenvalue weighted by atomic mass is 9.80. The maximum Gasteiger partial charge on any atom is 0.124 e. The minimum absolute atomic E-state index is 0.533. The van der Waals surface area contributed by atoms with Crippen molar-refractivity contribution >= 4 is 0 Å². The molecule has 0 aromatic heterocycles. The summed E-state index contributed by atoms with van der Waals surface area (Å²) in [4.78, 5) is 2.70. The molecule has 1 aromatic carbocycles. The van der Waals surface area contributed by atoms with E-state index in [4.69, 9.17) is 4.74 Å². The van der Waals surface area contributed by atoms with Gasteiger partial charge in [0.1, 0.15) is 5.75 Å². The van der Waals surface area contributed by atoms with Gasteiger partial charge in [-0.25, -0.2) is 0 Å². The van der Waals surface area contributed by atoms with Crippen molar-refractivity contribution in [2.45, 2.75) is 45.1 Å². The lowest BCUT2D eigenvalue weighted by Crippen LogP contribution is -2.47. The molecule has 1 saturated heterocycles. The molecule has 1 heterocycles. The Balaban J connectivity index is 1.89. The van der Waals surface area contributed by atoms with Gasteiger partial charge in [0, 0.05) is 37.8 Å². The fraction of sp³-hybridized carbons (Fsp3) is 0.684. The lowest BCUT2D eigenvalue weighted by molar-refractivity contribution is 0.101. The maximum absolute atomic E-state index is 5.96. The van der Waals surface area contributed by atoms with Gasteiger partial charge in [-0.05, 0) is 31.7 Å². The summed E-state index contributed by atoms with van der Waals surface area (Å²) in [5.41, 5.74) is 1.41. The van der Waals surface area contributed by atoms with Crippen LogP contribution in [0.2, 0.25) is 0 Å². The molecule has 0 bridgehead atoms. The van der Waals surface area contributed by atoms with Crippen LogP contribution in [0, 0.1) is 5.92 Å². The summed E-state index contributed by atoms with van der Waals surface area (Å²) < 4.78 is 5.96. The molecule has 1 atom stereocenters. The van der Waals surface area contributed by atoms with E-state index in [-0.39, 0.29) is 0 Å². The zero-order valence-electron chi connectivity index (χ0n) is 13.9. The second-order valence-electron chi connectivity index (χ2n) is 6.60. The summed E-state index contributed by atoms with van der Waals surface area (Å²) in [7, 11) is 0. The third-order valence-corrected chi connectivity index (χ3v) is 5.18. The van der Waals surface area contributed by atoms with Gasteiger partial charge in [0.25, 0.3) is 0 Å². The first kappa shape index (κ1) is 15.8. The number of nitrogens with one attached hydrogen (secondary N) is 1. The second kappa shape index (κ2) is 7.98. The minimum atomic E-state index is 0.533. The Bertz CT molecular complexity index is 433. The van der Waals surface area contributed by atoms with Gasteiger partial charge >= 0.3 is 0 Å². The summed E-state index contributed by atoms with van der Waals surface area (Å²) in [6, 6.07) is 9.26. The van der Waals surface area contributed by atoms with Crippen LogP contribution in [0.25, 0.3) is 0 Å². The highest BCUT2D eigenvalue weighted by molar-refractivity contribution is 5.36. The molecule has 1 saturated carbocycles. The Morgan fingerprint density at radius 1 is 1.14 bits per heavy atom. The molecule has 0 spiro atoms. The van der Waals surface area contributed by atoms with Gasteiger partial charge in [-0.3, -0.25) is 4.90 Å². The summed E-state index contributed by atoms with van der Waals surface area (Å²) in [6.45, 7) is 7.36. The molecule has 22 heavy (non-hydrogen) atoms. The topological polar surface area (TPSA) is 24.5 Å². The smallest absolute Gasteiger partial charge is 0.124 e. The van der Waals surface area contributed by atoms with Crippen LogP contribution >= 0.6 is 0 Å². The van der Waals surface area contributed by atoms with Gasteiger partial charge in [-0.1, -0.05) is 37.5 Å². The monoisotopic (exact) mass is 302 g/mol. The van der Waals surface area contributed by atoms with Gasteiger partial charge < -0.3 is 10.1 Å². The molecular formula is C19H30N2O. The zero-order chi connectivity index (χ0) is 15.2. The maximum atomic E-state index is 5.96. The average Bonchev–Trinajstić information content (AvgIpc) is 2.59. The second-order valence-corrected chi connectivity index (χ2v) is 6.60. The molecule has 3 rings (SSSR count). The number of ether oxygens (including phenoxy) is 1. The first-order valence-corrected chi connectivity index (χ1v) is 9.06. The Morgan fingerprint density at radius 2 is 1.86 bits per heavy atom. The van der Waals surface area contributed by atoms with Crippen LogP contribution in [0.1, 0.15) is 50.6 Å². The van der Waals surface area contributed by atoms with Crippen molar-refractivity contribution in [3.8, 4) is 5.75 Å². The fourth-order valence-corrected chi connectivity index (χ4v) is 4.17. The van der Waals surface area contributed by atoms with E-state index in [1.807, 2.05) is 0 Å². The number of benzene rings is 1. The molecule has 2 aliphatic rings. The van der Waals surface area contributed by atoms with E-state index in [0.29, 0.717) is 6.04 Å². The molecule has 1 aromatic rings. The number of hydrogen-bond acceptors (Lipinski definition) is 3. The quantitative estimate of drug-likeness (QED) is 0.899. The normalized spacial score (nSPS) is 22.4. The van der Waals surface area contributed by atoms with Crippen molar-refractivity contribution in [1.29, 1.82) is 0 Å². The van der Waals surface area contributed by atoms with Gasteiger partial charge in [0.15, 0.2) is 0 Å². The standard InChI is InChI=1S/C19H30N2O/c1-2-22-18-11-7-6-10-17(18)19(16-8-4-3-5-9-16)21-14-12-20-13-15-21/h6-7,10-11,16,19-20H,2-5,8-9,12-15H2,1H3/t19-/m0/s1. The van der Waals surface area contributed by atoms with E-state index < -0.39 is 0 Å². The van der Waals surface area contributed by atoms with Crippen LogP contribution < -0.4 is 10.1 Å². The first-order chi connectivity index (χ1) is 10.9. The Kier molecular flexibility index (Phi) is 5.74. The summed E-state index contributed by atoms with van der Waals surface area (Å²) in [6.07, 6.45) is 6.94. The van der Waals surface area contributed by atoms with Crippen molar-refractivity contribution < 1.29 is 4.74 Å². The van der Waals surface area contributed by atoms with Crippen molar-refractivity contribution in [1.82, 2.24) is 10.2 Å². The number of para-hydroxylation sites is 1. The van der Waals surface area contributed by atoms with Gasteiger partial charge in [-0.2, -0.15) is 0 Å². The first-order valence-electron chi connectivity index (χ1n) is 9.06. The summed E-state index contributed by atoms with van der Waals surface area (Å²) in [5, 5.41) is 3.49. The van der Waals surface area contributed by atoms with Crippen molar-refractivity contribution in [2.75, 3.05) is 32.8 Å². The highest BCUT2D eigenvalue weighted by Crippen LogP contribution is 2.41. The SMILES string of the molecule is CCOc1ccccc1[C@H](C1CCCCC1)N1CCNCC1. The third kappa shape index (κ3) is 3.64. The summed E-state index contributed by atoms with van der Waals surface area (Å²) >= 11 is 0. The van der Waals surface area contributed by atoms with Gasteiger partial charge in [0.2, 0.25) is 0 Å². The number of piperazine rings is 1. The van der Waals surface area contributed by atoms with Crippen LogP contribution in [0.5, 0.6) is 5.75 Å². The predicted octanol–water partition coefficient (Wildman–Crippen LogP) is 3.61. The Hall–Kier alpha value is -1.06. The van der Waals surface area contributed by atoms with Crippen LogP contribution in [0.3, 0.4) is 0 Å². The Morgan fingerprint density at radius 3 is 2.59 bits per heavy atom. The van der Waals surface area contributed by atoms with E-state index in [9.17, 15) is 0 Å². The van der Waals surface area contributed by atoms with E-state index in [0.717, 1.165) is 44.5 Å². The van der Waals surface area contributed by atoms with E-state index >= 15 is 0 Å². The lowest BCUT2D eigenvalue weighted by Gasteiger charge is -2.41. The molecule has 1 aliphatic heterocycles. The Labute approximate surface area is 135 Å². The van der Waals surface area contributed by atoms with Crippen LogP contribution in [-0.4, -0.2) is 37.7 Å².